The van der Waals surface area contributed by atoms with Crippen LogP contribution in [-0.4, -0.2) is 43.2 Å². The van der Waals surface area contributed by atoms with Gasteiger partial charge < -0.3 is 10.5 Å². The normalized spacial score (nSPS) is 11.9. The number of nitrogens with zero attached hydrogens (tertiary/aromatic N) is 1. The van der Waals surface area contributed by atoms with Gasteiger partial charge in [0.15, 0.2) is 0 Å². The highest BCUT2D eigenvalue weighted by atomic mass is 16.5. The van der Waals surface area contributed by atoms with Crippen LogP contribution < -0.4 is 5.73 Å². The number of nitrogens with two attached hydrogens (primary N) is 1. The summed E-state index contributed by atoms with van der Waals surface area (Å²) in [5.41, 5.74) is 5.42. The van der Waals surface area contributed by atoms with Crippen molar-refractivity contribution in [3.63, 3.8) is 0 Å². The second-order valence-corrected chi connectivity index (χ2v) is 4.74. The summed E-state index contributed by atoms with van der Waals surface area (Å²) in [4.78, 5) is 13.3. The van der Waals surface area contributed by atoms with Crippen molar-refractivity contribution in [2.75, 3.05) is 26.7 Å². The Morgan fingerprint density at radius 2 is 2.06 bits per heavy atom. The van der Waals surface area contributed by atoms with Crippen molar-refractivity contribution >= 4 is 5.97 Å². The Morgan fingerprint density at radius 3 is 2.56 bits per heavy atom. The van der Waals surface area contributed by atoms with E-state index < -0.39 is 0 Å². The van der Waals surface area contributed by atoms with Crippen molar-refractivity contribution in [2.45, 2.75) is 45.6 Å². The molecule has 4 heteroatoms. The Bertz CT molecular complexity index is 205. The number of rotatable bonds is 8. The number of carbonyl (C=O) groups excluding carboxylic acids is 1. The third kappa shape index (κ3) is 6.08. The van der Waals surface area contributed by atoms with E-state index in [4.69, 9.17) is 10.5 Å². The van der Waals surface area contributed by atoms with Crippen LogP contribution in [-0.2, 0) is 9.53 Å². The van der Waals surface area contributed by atoms with Crippen LogP contribution >= 0.6 is 0 Å². The third-order valence-electron chi connectivity index (χ3n) is 2.93. The molecule has 0 radical (unpaired) electrons. The van der Waals surface area contributed by atoms with Crippen LogP contribution in [0.1, 0.15) is 40.0 Å². The first-order chi connectivity index (χ1) is 7.44. The standard InChI is InChI=1S/C12H26N2O2/c1-5-7-12(2,3)14(4)9-10-16-11(15)6-8-13/h5-10,13H2,1-4H3. The first-order valence-corrected chi connectivity index (χ1v) is 6.01. The molecule has 0 heterocycles. The molecule has 0 bridgehead atoms. The molecule has 0 spiro atoms. The van der Waals surface area contributed by atoms with Gasteiger partial charge in [0.05, 0.1) is 6.42 Å². The second kappa shape index (κ2) is 7.63. The van der Waals surface area contributed by atoms with Gasteiger partial charge in [-0.3, -0.25) is 9.69 Å². The molecule has 0 aliphatic heterocycles. The molecule has 2 N–H and O–H groups in total. The molecule has 16 heavy (non-hydrogen) atoms. The van der Waals surface area contributed by atoms with Crippen LogP contribution in [0, 0.1) is 0 Å². The van der Waals surface area contributed by atoms with E-state index >= 15 is 0 Å². The summed E-state index contributed by atoms with van der Waals surface area (Å²) >= 11 is 0. The molecular formula is C12H26N2O2. The average Bonchev–Trinajstić information content (AvgIpc) is 2.17. The van der Waals surface area contributed by atoms with Gasteiger partial charge in [-0.05, 0) is 27.3 Å². The topological polar surface area (TPSA) is 55.6 Å². The molecule has 0 aromatic heterocycles. The van der Waals surface area contributed by atoms with Gasteiger partial charge in [0.25, 0.3) is 0 Å². The monoisotopic (exact) mass is 230 g/mol. The highest BCUT2D eigenvalue weighted by Crippen LogP contribution is 2.18. The van der Waals surface area contributed by atoms with E-state index in [0.717, 1.165) is 19.4 Å². The molecule has 0 fully saturated rings. The number of carbonyl (C=O) groups is 1. The highest BCUT2D eigenvalue weighted by Gasteiger charge is 2.21. The molecule has 0 rings (SSSR count). The molecule has 0 saturated carbocycles. The van der Waals surface area contributed by atoms with Gasteiger partial charge in [-0.2, -0.15) is 0 Å². The van der Waals surface area contributed by atoms with Crippen molar-refractivity contribution in [1.29, 1.82) is 0 Å². The van der Waals surface area contributed by atoms with Crippen molar-refractivity contribution in [3.05, 3.63) is 0 Å². The predicted octanol–water partition coefficient (Wildman–Crippen LogP) is 1.39. The van der Waals surface area contributed by atoms with Gasteiger partial charge in [0.2, 0.25) is 0 Å². The quantitative estimate of drug-likeness (QED) is 0.640. The van der Waals surface area contributed by atoms with Crippen LogP contribution in [0.15, 0.2) is 0 Å². The van der Waals surface area contributed by atoms with Crippen LogP contribution in [0.25, 0.3) is 0 Å². The van der Waals surface area contributed by atoms with Gasteiger partial charge in [0.1, 0.15) is 6.61 Å². The lowest BCUT2D eigenvalue weighted by atomic mass is 9.97. The summed E-state index contributed by atoms with van der Waals surface area (Å²) < 4.78 is 5.07. The van der Waals surface area contributed by atoms with Crippen LogP contribution in [0.5, 0.6) is 0 Å². The Balaban J connectivity index is 3.80. The summed E-state index contributed by atoms with van der Waals surface area (Å²) in [5.74, 6) is -0.204. The molecule has 0 aliphatic carbocycles. The predicted molar refractivity (Wildman–Crippen MR) is 66.2 cm³/mol. The van der Waals surface area contributed by atoms with Gasteiger partial charge in [-0.25, -0.2) is 0 Å². The number of esters is 1. The van der Waals surface area contributed by atoms with E-state index in [-0.39, 0.29) is 11.5 Å². The smallest absolute Gasteiger partial charge is 0.307 e. The maximum Gasteiger partial charge on any atom is 0.307 e. The number of ether oxygens (including phenoxy) is 1. The van der Waals surface area contributed by atoms with Gasteiger partial charge >= 0.3 is 5.97 Å². The molecule has 0 unspecified atom stereocenters. The van der Waals surface area contributed by atoms with Crippen molar-refractivity contribution < 1.29 is 9.53 Å². The van der Waals surface area contributed by atoms with E-state index in [0.29, 0.717) is 19.6 Å². The van der Waals surface area contributed by atoms with Crippen molar-refractivity contribution in [3.8, 4) is 0 Å². The molecule has 0 aromatic rings. The molecule has 0 aromatic carbocycles. The molecule has 0 atom stereocenters. The molecule has 0 saturated heterocycles. The summed E-state index contributed by atoms with van der Waals surface area (Å²) in [7, 11) is 2.06. The zero-order valence-corrected chi connectivity index (χ0v) is 11.1. The zero-order valence-electron chi connectivity index (χ0n) is 11.1. The molecule has 96 valence electrons. The minimum absolute atomic E-state index is 0.162. The Hall–Kier alpha value is -0.610. The minimum atomic E-state index is -0.204. The lowest BCUT2D eigenvalue weighted by Crippen LogP contribution is -2.42. The Kier molecular flexibility index (Phi) is 7.34. The maximum atomic E-state index is 11.1. The highest BCUT2D eigenvalue weighted by molar-refractivity contribution is 5.69. The lowest BCUT2D eigenvalue weighted by molar-refractivity contribution is -0.144. The van der Waals surface area contributed by atoms with E-state index in [2.05, 4.69) is 32.7 Å². The summed E-state index contributed by atoms with van der Waals surface area (Å²) in [6.45, 7) is 8.16. The minimum Gasteiger partial charge on any atom is -0.464 e. The van der Waals surface area contributed by atoms with Gasteiger partial charge in [0, 0.05) is 18.6 Å². The first kappa shape index (κ1) is 15.4. The van der Waals surface area contributed by atoms with Crippen LogP contribution in [0.2, 0.25) is 0 Å². The third-order valence-corrected chi connectivity index (χ3v) is 2.93. The molecular weight excluding hydrogens is 204 g/mol. The van der Waals surface area contributed by atoms with E-state index in [1.165, 1.54) is 0 Å². The molecule has 0 amide bonds. The van der Waals surface area contributed by atoms with E-state index in [1.807, 2.05) is 0 Å². The number of likely N-dealkylation sites (N-methyl/N-ethyl adjacent to an activating group) is 1. The Morgan fingerprint density at radius 1 is 1.44 bits per heavy atom. The first-order valence-electron chi connectivity index (χ1n) is 6.01. The van der Waals surface area contributed by atoms with Gasteiger partial charge in [-0.15, -0.1) is 0 Å². The summed E-state index contributed by atoms with van der Waals surface area (Å²) in [6, 6.07) is 0. The van der Waals surface area contributed by atoms with Gasteiger partial charge in [-0.1, -0.05) is 13.3 Å². The van der Waals surface area contributed by atoms with E-state index in [1.54, 1.807) is 0 Å². The Labute approximate surface area is 99.1 Å². The maximum absolute atomic E-state index is 11.1. The van der Waals surface area contributed by atoms with Crippen LogP contribution in [0.4, 0.5) is 0 Å². The van der Waals surface area contributed by atoms with E-state index in [9.17, 15) is 4.79 Å². The van der Waals surface area contributed by atoms with Crippen LogP contribution in [0.3, 0.4) is 0 Å². The lowest BCUT2D eigenvalue weighted by Gasteiger charge is -2.35. The fourth-order valence-electron chi connectivity index (χ4n) is 1.59. The molecule has 4 nitrogen and oxygen atoms in total. The number of hydrogen-bond donors (Lipinski definition) is 1. The fourth-order valence-corrected chi connectivity index (χ4v) is 1.59. The largest absolute Gasteiger partial charge is 0.464 e. The summed E-state index contributed by atoms with van der Waals surface area (Å²) in [5, 5.41) is 0. The van der Waals surface area contributed by atoms with Crippen molar-refractivity contribution in [2.24, 2.45) is 5.73 Å². The second-order valence-electron chi connectivity index (χ2n) is 4.74. The number of hydrogen-bond acceptors (Lipinski definition) is 4. The van der Waals surface area contributed by atoms with Crippen molar-refractivity contribution in [1.82, 2.24) is 4.90 Å². The zero-order chi connectivity index (χ0) is 12.6. The SMILES string of the molecule is CCCC(C)(C)N(C)CCOC(=O)CCN. The fraction of sp³-hybridized carbons (Fsp3) is 0.917. The molecule has 0 aliphatic rings. The summed E-state index contributed by atoms with van der Waals surface area (Å²) in [6.07, 6.45) is 2.60. The average molecular weight is 230 g/mol.